The molecule has 0 saturated carbocycles. The number of ether oxygens (including phenoxy) is 1. The molecule has 2 unspecified atom stereocenters. The van der Waals surface area contributed by atoms with Crippen molar-refractivity contribution in [1.82, 2.24) is 15.2 Å². The summed E-state index contributed by atoms with van der Waals surface area (Å²) in [6.45, 7) is 0.429. The van der Waals surface area contributed by atoms with E-state index in [1.165, 1.54) is 17.1 Å². The van der Waals surface area contributed by atoms with E-state index in [0.29, 0.717) is 35.5 Å². The number of hydrogen-bond acceptors (Lipinski definition) is 11. The molecule has 15 heteroatoms. The molecule has 3 aliphatic heterocycles. The fourth-order valence-electron chi connectivity index (χ4n) is 4.54. The molecule has 3 amide bonds. The van der Waals surface area contributed by atoms with Crippen molar-refractivity contribution in [1.29, 1.82) is 0 Å². The summed E-state index contributed by atoms with van der Waals surface area (Å²) in [5.74, 6) is -2.20. The standard InChI is InChI=1S/C24H22N6O7S2/c1-37-14-4-2-13(3-5-14)29-7-6-11(20(29)32)8-12-9-38-22-17(21(33)30(22)18(12)23(34)35)27-19(31)16(28-36)15-10-39-24(25)26-15/h2-5,8,10,17,22,36H,6-7,9H2,1H3,(H2,25,26)(H,27,31)(H,34,35). The first kappa shape index (κ1) is 26.2. The molecule has 2 saturated heterocycles. The Morgan fingerprint density at radius 2 is 2.03 bits per heavy atom. The zero-order valence-corrected chi connectivity index (χ0v) is 22.0. The van der Waals surface area contributed by atoms with Gasteiger partial charge in [0, 0.05) is 28.9 Å². The zero-order chi connectivity index (χ0) is 27.8. The van der Waals surface area contributed by atoms with E-state index in [-0.39, 0.29) is 28.2 Å². The first-order valence-electron chi connectivity index (χ1n) is 11.6. The number of carbonyl (C=O) groups is 4. The van der Waals surface area contributed by atoms with Crippen LogP contribution in [0.4, 0.5) is 10.8 Å². The van der Waals surface area contributed by atoms with Gasteiger partial charge >= 0.3 is 5.97 Å². The van der Waals surface area contributed by atoms with E-state index < -0.39 is 34.9 Å². The minimum absolute atomic E-state index is 0.0439. The van der Waals surface area contributed by atoms with Crippen molar-refractivity contribution in [3.63, 3.8) is 0 Å². The average Bonchev–Trinajstić information content (AvgIpc) is 3.52. The topological polar surface area (TPSA) is 188 Å². The molecule has 39 heavy (non-hydrogen) atoms. The van der Waals surface area contributed by atoms with Crippen LogP contribution in [0.5, 0.6) is 5.75 Å². The van der Waals surface area contributed by atoms with Crippen molar-refractivity contribution in [2.24, 2.45) is 5.16 Å². The number of allylic oxidation sites excluding steroid dienone is 1. The van der Waals surface area contributed by atoms with Crippen LogP contribution >= 0.6 is 23.1 Å². The van der Waals surface area contributed by atoms with Crippen molar-refractivity contribution in [3.8, 4) is 5.75 Å². The number of amides is 3. The lowest BCUT2D eigenvalue weighted by Gasteiger charge is -2.49. The number of oxime groups is 1. The van der Waals surface area contributed by atoms with Crippen LogP contribution in [0.2, 0.25) is 0 Å². The second-order valence-corrected chi connectivity index (χ2v) is 10.6. The summed E-state index contributed by atoms with van der Waals surface area (Å²) >= 11 is 2.30. The first-order chi connectivity index (χ1) is 18.7. The van der Waals surface area contributed by atoms with E-state index >= 15 is 0 Å². The van der Waals surface area contributed by atoms with Crippen LogP contribution in [-0.2, 0) is 19.2 Å². The molecule has 0 aliphatic carbocycles. The minimum Gasteiger partial charge on any atom is -0.497 e. The molecule has 3 aliphatic rings. The Labute approximate surface area is 229 Å². The van der Waals surface area contributed by atoms with E-state index in [0.717, 1.165) is 16.2 Å². The molecule has 5 rings (SSSR count). The number of carbonyl (C=O) groups excluding carboxylic acids is 3. The van der Waals surface area contributed by atoms with Gasteiger partial charge in [-0.25, -0.2) is 9.78 Å². The molecular weight excluding hydrogens is 548 g/mol. The lowest BCUT2D eigenvalue weighted by molar-refractivity contribution is -0.150. The number of benzene rings is 1. The molecule has 1 aromatic heterocycles. The van der Waals surface area contributed by atoms with Crippen LogP contribution in [0.3, 0.4) is 0 Å². The Hall–Kier alpha value is -4.37. The van der Waals surface area contributed by atoms with E-state index in [1.54, 1.807) is 42.4 Å². The van der Waals surface area contributed by atoms with Gasteiger partial charge in [0.05, 0.1) is 7.11 Å². The summed E-state index contributed by atoms with van der Waals surface area (Å²) in [5, 5.41) is 25.6. The largest absolute Gasteiger partial charge is 0.497 e. The number of thioether (sulfide) groups is 1. The number of hydrogen-bond donors (Lipinski definition) is 4. The van der Waals surface area contributed by atoms with Crippen molar-refractivity contribution >= 4 is 63.3 Å². The third kappa shape index (κ3) is 4.70. The van der Waals surface area contributed by atoms with Crippen LogP contribution in [0.25, 0.3) is 0 Å². The molecule has 5 N–H and O–H groups in total. The predicted octanol–water partition coefficient (Wildman–Crippen LogP) is 1.01. The average molecular weight is 571 g/mol. The maximum Gasteiger partial charge on any atom is 0.352 e. The van der Waals surface area contributed by atoms with Crippen LogP contribution < -0.4 is 20.7 Å². The molecule has 2 aromatic rings. The number of β-lactam (4-membered cyclic amide) rings is 1. The van der Waals surface area contributed by atoms with Crippen molar-refractivity contribution in [3.05, 3.63) is 58.3 Å². The Morgan fingerprint density at radius 3 is 2.64 bits per heavy atom. The number of methoxy groups -OCH3 is 1. The highest BCUT2D eigenvalue weighted by atomic mass is 32.2. The van der Waals surface area contributed by atoms with Gasteiger partial charge < -0.3 is 31.0 Å². The molecule has 4 heterocycles. The van der Waals surface area contributed by atoms with Crippen LogP contribution in [0.1, 0.15) is 12.1 Å². The Balaban J connectivity index is 1.34. The third-order valence-electron chi connectivity index (χ3n) is 6.42. The minimum atomic E-state index is -1.32. The molecule has 0 radical (unpaired) electrons. The number of fused-ring (bicyclic) bond motifs is 1. The SMILES string of the molecule is COc1ccc(N2CCC(=CC3=C(C(=O)O)N4C(=O)C(NC(=O)C(=NO)c5csc(N)n5)C4SC3)C2=O)cc1. The van der Waals surface area contributed by atoms with Crippen molar-refractivity contribution < 1.29 is 34.2 Å². The van der Waals surface area contributed by atoms with Gasteiger partial charge in [0.25, 0.3) is 17.7 Å². The van der Waals surface area contributed by atoms with Gasteiger partial charge in [-0.1, -0.05) is 5.16 Å². The quantitative estimate of drug-likeness (QED) is 0.123. The van der Waals surface area contributed by atoms with Gasteiger partial charge in [-0.2, -0.15) is 0 Å². The second-order valence-electron chi connectivity index (χ2n) is 8.63. The Bertz CT molecular complexity index is 1470. The lowest BCUT2D eigenvalue weighted by atomic mass is 10.0. The van der Waals surface area contributed by atoms with E-state index in [9.17, 15) is 29.5 Å². The van der Waals surface area contributed by atoms with Gasteiger partial charge in [-0.15, -0.1) is 23.1 Å². The van der Waals surface area contributed by atoms with Gasteiger partial charge in [-0.05, 0) is 42.3 Å². The molecule has 2 atom stereocenters. The maximum absolute atomic E-state index is 13.1. The highest BCUT2D eigenvalue weighted by Crippen LogP contribution is 2.41. The number of anilines is 2. The fraction of sp³-hybridized carbons (Fsp3) is 0.250. The number of nitrogens with zero attached hydrogens (tertiary/aromatic N) is 4. The number of aromatic nitrogens is 1. The number of carboxylic acids is 1. The molecule has 0 bridgehead atoms. The third-order valence-corrected chi connectivity index (χ3v) is 8.40. The molecular formula is C24H22N6O7S2. The summed E-state index contributed by atoms with van der Waals surface area (Å²) in [6, 6.07) is 6.00. The van der Waals surface area contributed by atoms with Crippen LogP contribution in [-0.4, -0.2) is 80.4 Å². The number of rotatable bonds is 7. The molecule has 2 fully saturated rings. The summed E-state index contributed by atoms with van der Waals surface area (Å²) < 4.78 is 5.16. The predicted molar refractivity (Wildman–Crippen MR) is 143 cm³/mol. The summed E-state index contributed by atoms with van der Waals surface area (Å²) in [5.41, 5.74) is 6.42. The van der Waals surface area contributed by atoms with Gasteiger partial charge in [0.2, 0.25) is 0 Å². The smallest absolute Gasteiger partial charge is 0.352 e. The lowest BCUT2D eigenvalue weighted by Crippen LogP contribution is -2.71. The summed E-state index contributed by atoms with van der Waals surface area (Å²) in [4.78, 5) is 57.6. The molecule has 13 nitrogen and oxygen atoms in total. The van der Waals surface area contributed by atoms with Gasteiger partial charge in [-0.3, -0.25) is 19.3 Å². The zero-order valence-electron chi connectivity index (χ0n) is 20.4. The van der Waals surface area contributed by atoms with Gasteiger partial charge in [0.1, 0.15) is 28.6 Å². The Kier molecular flexibility index (Phi) is 7.01. The van der Waals surface area contributed by atoms with Crippen molar-refractivity contribution in [2.45, 2.75) is 17.8 Å². The van der Waals surface area contributed by atoms with Crippen molar-refractivity contribution in [2.75, 3.05) is 30.0 Å². The highest BCUT2D eigenvalue weighted by molar-refractivity contribution is 8.00. The van der Waals surface area contributed by atoms with E-state index in [1.807, 2.05) is 0 Å². The number of aliphatic carboxylic acids is 1. The van der Waals surface area contributed by atoms with E-state index in [2.05, 4.69) is 15.5 Å². The highest BCUT2D eigenvalue weighted by Gasteiger charge is 2.54. The first-order valence-corrected chi connectivity index (χ1v) is 13.5. The Morgan fingerprint density at radius 1 is 1.28 bits per heavy atom. The summed E-state index contributed by atoms with van der Waals surface area (Å²) in [6.07, 6.45) is 1.95. The monoisotopic (exact) mass is 570 g/mol. The summed E-state index contributed by atoms with van der Waals surface area (Å²) in [7, 11) is 1.55. The normalized spacial score (nSPS) is 22.2. The fourth-order valence-corrected chi connectivity index (χ4v) is 6.39. The number of nitrogens with one attached hydrogen (secondary N) is 1. The maximum atomic E-state index is 13.1. The molecule has 0 spiro atoms. The van der Waals surface area contributed by atoms with Gasteiger partial charge in [0.15, 0.2) is 10.8 Å². The second kappa shape index (κ2) is 10.4. The number of carboxylic acid groups (broad SMARTS) is 1. The number of thiazole rings is 1. The van der Waals surface area contributed by atoms with E-state index in [4.69, 9.17) is 10.5 Å². The molecule has 1 aromatic carbocycles. The molecule has 202 valence electrons. The number of nitrogen functional groups attached to an aromatic ring is 1. The van der Waals surface area contributed by atoms with Crippen LogP contribution in [0, 0.1) is 0 Å². The van der Waals surface area contributed by atoms with Crippen LogP contribution in [0.15, 0.2) is 57.7 Å². The number of nitrogens with two attached hydrogens (primary N) is 1.